The van der Waals surface area contributed by atoms with Gasteiger partial charge in [0.25, 0.3) is 5.91 Å². The number of rotatable bonds is 5. The molecular weight excluding hydrogens is 268 g/mol. The van der Waals surface area contributed by atoms with Gasteiger partial charge in [0, 0.05) is 13.1 Å². The first-order valence-corrected chi connectivity index (χ1v) is 7.13. The van der Waals surface area contributed by atoms with Gasteiger partial charge in [0.2, 0.25) is 0 Å². The summed E-state index contributed by atoms with van der Waals surface area (Å²) in [7, 11) is 0. The standard InChI is InChI=1S/C13H17ClN2OS/c1-9(2)7-16(6-4-5-15)13(17)12-11(14)10(3)8-18-12/h8-9H,4,6-7H2,1-3H3. The SMILES string of the molecule is Cc1csc(C(=O)N(CCC#N)CC(C)C)c1Cl. The molecule has 1 amide bonds. The van der Waals surface area contributed by atoms with Gasteiger partial charge >= 0.3 is 0 Å². The average Bonchev–Trinajstić information content (AvgIpc) is 2.64. The van der Waals surface area contributed by atoms with Gasteiger partial charge in [-0.1, -0.05) is 25.4 Å². The fourth-order valence-corrected chi connectivity index (χ4v) is 2.86. The molecule has 0 bridgehead atoms. The fraction of sp³-hybridized carbons (Fsp3) is 0.538. The van der Waals surface area contributed by atoms with E-state index in [1.54, 1.807) is 4.90 Å². The molecule has 0 aliphatic heterocycles. The largest absolute Gasteiger partial charge is 0.337 e. The summed E-state index contributed by atoms with van der Waals surface area (Å²) >= 11 is 7.48. The van der Waals surface area contributed by atoms with Crippen LogP contribution in [0.15, 0.2) is 5.38 Å². The lowest BCUT2D eigenvalue weighted by atomic mass is 10.2. The average molecular weight is 285 g/mol. The Kier molecular flexibility index (Phi) is 5.64. The molecule has 0 saturated heterocycles. The first-order chi connectivity index (χ1) is 8.47. The Hall–Kier alpha value is -1.05. The predicted molar refractivity (Wildman–Crippen MR) is 75.0 cm³/mol. The van der Waals surface area contributed by atoms with Crippen molar-refractivity contribution in [3.8, 4) is 6.07 Å². The first-order valence-electron chi connectivity index (χ1n) is 5.87. The molecule has 0 fully saturated rings. The minimum absolute atomic E-state index is 0.0675. The maximum atomic E-state index is 12.4. The number of hydrogen-bond acceptors (Lipinski definition) is 3. The summed E-state index contributed by atoms with van der Waals surface area (Å²) in [4.78, 5) is 14.7. The topological polar surface area (TPSA) is 44.1 Å². The van der Waals surface area contributed by atoms with Crippen LogP contribution in [0.4, 0.5) is 0 Å². The van der Waals surface area contributed by atoms with Gasteiger partial charge in [0.05, 0.1) is 17.5 Å². The Morgan fingerprint density at radius 3 is 2.72 bits per heavy atom. The number of halogens is 1. The van der Waals surface area contributed by atoms with Gasteiger partial charge in [-0.3, -0.25) is 4.79 Å². The van der Waals surface area contributed by atoms with E-state index in [1.165, 1.54) is 11.3 Å². The first kappa shape index (κ1) is 15.0. The van der Waals surface area contributed by atoms with Crippen LogP contribution in [0, 0.1) is 24.2 Å². The molecule has 0 radical (unpaired) electrons. The Morgan fingerprint density at radius 1 is 1.61 bits per heavy atom. The molecule has 0 atom stereocenters. The summed E-state index contributed by atoms with van der Waals surface area (Å²) in [5, 5.41) is 11.1. The molecule has 0 aliphatic carbocycles. The molecule has 0 unspecified atom stereocenters. The number of aryl methyl sites for hydroxylation is 1. The summed E-state index contributed by atoms with van der Waals surface area (Å²) in [6, 6.07) is 2.07. The third-order valence-electron chi connectivity index (χ3n) is 2.46. The number of nitrogens with zero attached hydrogens (tertiary/aromatic N) is 2. The normalized spacial score (nSPS) is 10.4. The van der Waals surface area contributed by atoms with Crippen LogP contribution >= 0.6 is 22.9 Å². The van der Waals surface area contributed by atoms with Gasteiger partial charge in [-0.15, -0.1) is 11.3 Å². The predicted octanol–water partition coefficient (Wildman–Crippen LogP) is 3.72. The van der Waals surface area contributed by atoms with Crippen molar-refractivity contribution in [2.75, 3.05) is 13.1 Å². The fourth-order valence-electron chi connectivity index (χ4n) is 1.62. The number of amides is 1. The maximum absolute atomic E-state index is 12.4. The molecule has 3 nitrogen and oxygen atoms in total. The third-order valence-corrected chi connectivity index (χ3v) is 4.14. The second-order valence-electron chi connectivity index (χ2n) is 4.61. The highest BCUT2D eigenvalue weighted by Gasteiger charge is 2.21. The Labute approximate surface area is 117 Å². The van der Waals surface area contributed by atoms with Crippen molar-refractivity contribution in [2.24, 2.45) is 5.92 Å². The maximum Gasteiger partial charge on any atom is 0.265 e. The summed E-state index contributed by atoms with van der Waals surface area (Å²) in [6.07, 6.45) is 0.348. The molecular formula is C13H17ClN2OS. The van der Waals surface area contributed by atoms with E-state index >= 15 is 0 Å². The minimum atomic E-state index is -0.0675. The van der Waals surface area contributed by atoms with Gasteiger partial charge in [-0.2, -0.15) is 5.26 Å². The van der Waals surface area contributed by atoms with Gasteiger partial charge in [0.15, 0.2) is 0 Å². The lowest BCUT2D eigenvalue weighted by Crippen LogP contribution is -2.34. The molecule has 0 aromatic carbocycles. The van der Waals surface area contributed by atoms with Crippen LogP contribution in [-0.2, 0) is 0 Å². The Balaban J connectivity index is 2.88. The monoisotopic (exact) mass is 284 g/mol. The van der Waals surface area contributed by atoms with Crippen molar-refractivity contribution >= 4 is 28.8 Å². The summed E-state index contributed by atoms with van der Waals surface area (Å²) < 4.78 is 0. The molecule has 1 heterocycles. The van der Waals surface area contributed by atoms with Crippen molar-refractivity contribution in [1.29, 1.82) is 5.26 Å². The molecule has 0 aliphatic rings. The molecule has 0 spiro atoms. The zero-order chi connectivity index (χ0) is 13.7. The molecule has 1 rings (SSSR count). The Morgan fingerprint density at radius 2 is 2.28 bits per heavy atom. The van der Waals surface area contributed by atoms with Crippen LogP contribution in [0.1, 0.15) is 35.5 Å². The number of nitriles is 1. The second-order valence-corrected chi connectivity index (χ2v) is 5.87. The molecule has 5 heteroatoms. The zero-order valence-corrected chi connectivity index (χ0v) is 12.4. The highest BCUT2D eigenvalue weighted by atomic mass is 35.5. The molecule has 18 heavy (non-hydrogen) atoms. The quantitative estimate of drug-likeness (QED) is 0.827. The van der Waals surface area contributed by atoms with E-state index in [2.05, 4.69) is 6.07 Å². The number of carbonyl (C=O) groups excluding carboxylic acids is 1. The molecule has 1 aromatic heterocycles. The summed E-state index contributed by atoms with van der Waals surface area (Å²) in [5.74, 6) is 0.300. The highest BCUT2D eigenvalue weighted by Crippen LogP contribution is 2.28. The van der Waals surface area contributed by atoms with Crippen LogP contribution in [-0.4, -0.2) is 23.9 Å². The van der Waals surface area contributed by atoms with Crippen molar-refractivity contribution in [3.05, 3.63) is 20.8 Å². The van der Waals surface area contributed by atoms with E-state index in [1.807, 2.05) is 26.2 Å². The zero-order valence-electron chi connectivity index (χ0n) is 10.9. The van der Waals surface area contributed by atoms with Gasteiger partial charge in [-0.05, 0) is 23.8 Å². The third kappa shape index (κ3) is 3.72. The van der Waals surface area contributed by atoms with Crippen molar-refractivity contribution in [3.63, 3.8) is 0 Å². The van der Waals surface area contributed by atoms with E-state index < -0.39 is 0 Å². The van der Waals surface area contributed by atoms with Crippen molar-refractivity contribution in [1.82, 2.24) is 4.90 Å². The lowest BCUT2D eigenvalue weighted by molar-refractivity contribution is 0.0745. The van der Waals surface area contributed by atoms with E-state index in [-0.39, 0.29) is 5.91 Å². The van der Waals surface area contributed by atoms with Crippen LogP contribution in [0.2, 0.25) is 5.02 Å². The van der Waals surface area contributed by atoms with Gasteiger partial charge in [0.1, 0.15) is 4.88 Å². The summed E-state index contributed by atoms with van der Waals surface area (Å²) in [5.41, 5.74) is 0.926. The molecule has 1 aromatic rings. The molecule has 0 saturated carbocycles. The van der Waals surface area contributed by atoms with Crippen LogP contribution in [0.3, 0.4) is 0 Å². The molecule has 98 valence electrons. The van der Waals surface area contributed by atoms with Gasteiger partial charge < -0.3 is 4.90 Å². The smallest absolute Gasteiger partial charge is 0.265 e. The lowest BCUT2D eigenvalue weighted by Gasteiger charge is -2.23. The van der Waals surface area contributed by atoms with Crippen LogP contribution < -0.4 is 0 Å². The highest BCUT2D eigenvalue weighted by molar-refractivity contribution is 7.13. The second kappa shape index (κ2) is 6.77. The van der Waals surface area contributed by atoms with Crippen LogP contribution in [0.25, 0.3) is 0 Å². The summed E-state index contributed by atoms with van der Waals surface area (Å²) in [6.45, 7) is 7.09. The van der Waals surface area contributed by atoms with E-state index in [0.717, 1.165) is 5.56 Å². The van der Waals surface area contributed by atoms with Gasteiger partial charge in [-0.25, -0.2) is 0 Å². The van der Waals surface area contributed by atoms with Crippen LogP contribution in [0.5, 0.6) is 0 Å². The van der Waals surface area contributed by atoms with E-state index in [0.29, 0.717) is 35.3 Å². The van der Waals surface area contributed by atoms with Crippen molar-refractivity contribution < 1.29 is 4.79 Å². The van der Waals surface area contributed by atoms with E-state index in [4.69, 9.17) is 16.9 Å². The Bertz CT molecular complexity index is 462. The minimum Gasteiger partial charge on any atom is -0.337 e. The number of hydrogen-bond donors (Lipinski definition) is 0. The van der Waals surface area contributed by atoms with E-state index in [9.17, 15) is 4.79 Å². The number of carbonyl (C=O) groups is 1. The number of thiophene rings is 1. The van der Waals surface area contributed by atoms with Crippen molar-refractivity contribution in [2.45, 2.75) is 27.2 Å². The molecule has 0 N–H and O–H groups in total.